The van der Waals surface area contributed by atoms with Crippen molar-refractivity contribution in [3.63, 3.8) is 0 Å². The zero-order valence-corrected chi connectivity index (χ0v) is 15.9. The highest BCUT2D eigenvalue weighted by Gasteiger charge is 2.36. The molecular weight excluding hydrogens is 334 g/mol. The van der Waals surface area contributed by atoms with E-state index in [0.29, 0.717) is 24.7 Å². The van der Waals surface area contributed by atoms with Gasteiger partial charge >= 0.3 is 0 Å². The maximum absolute atomic E-state index is 13.4. The summed E-state index contributed by atoms with van der Waals surface area (Å²) in [6.07, 6.45) is 6.19. The molecule has 0 saturated carbocycles. The summed E-state index contributed by atoms with van der Waals surface area (Å²) < 4.78 is 26.5. The summed E-state index contributed by atoms with van der Waals surface area (Å²) in [6, 6.07) is 5.87. The summed E-state index contributed by atoms with van der Waals surface area (Å²) in [5.74, 6) is -0.762. The van der Waals surface area contributed by atoms with Gasteiger partial charge in [0.05, 0.1) is 0 Å². The minimum absolute atomic E-state index is 0.0560. The van der Waals surface area contributed by atoms with Crippen LogP contribution in [0.25, 0.3) is 0 Å². The number of benzene rings is 1. The fourth-order valence-corrected chi connectivity index (χ4v) is 4.31. The van der Waals surface area contributed by atoms with E-state index in [-0.39, 0.29) is 5.92 Å². The van der Waals surface area contributed by atoms with E-state index < -0.39 is 11.6 Å². The third kappa shape index (κ3) is 4.34. The lowest BCUT2D eigenvalue weighted by Crippen LogP contribution is -2.56. The van der Waals surface area contributed by atoms with E-state index in [4.69, 9.17) is 0 Å². The second-order valence-corrected chi connectivity index (χ2v) is 7.74. The van der Waals surface area contributed by atoms with Gasteiger partial charge in [-0.2, -0.15) is 0 Å². The first-order valence-electron chi connectivity index (χ1n) is 9.62. The average molecular weight is 364 g/mol. The number of aliphatic imine (C=N–C) groups is 1. The molecule has 2 saturated heterocycles. The molecule has 4 nitrogen and oxygen atoms in total. The Morgan fingerprint density at radius 2 is 1.92 bits per heavy atom. The first kappa shape index (κ1) is 19.1. The summed E-state index contributed by atoms with van der Waals surface area (Å²) in [6.45, 7) is 2.61. The summed E-state index contributed by atoms with van der Waals surface area (Å²) in [4.78, 5) is 6.88. The Bertz CT molecular complexity index is 635. The van der Waals surface area contributed by atoms with E-state index in [0.717, 1.165) is 24.4 Å². The minimum atomic E-state index is -0.806. The molecule has 0 amide bonds. The molecular formula is C20H30F2N4. The number of nitrogens with one attached hydrogen (secondary N) is 2. The van der Waals surface area contributed by atoms with E-state index in [1.165, 1.54) is 31.4 Å². The average Bonchev–Trinajstić information content (AvgIpc) is 2.61. The number of hydrogen-bond donors (Lipinski definition) is 2. The fraction of sp³-hybridized carbons (Fsp3) is 0.650. The molecule has 3 atom stereocenters. The summed E-state index contributed by atoms with van der Waals surface area (Å²) >= 11 is 0. The molecule has 3 unspecified atom stereocenters. The van der Waals surface area contributed by atoms with Crippen molar-refractivity contribution < 1.29 is 8.78 Å². The highest BCUT2D eigenvalue weighted by Crippen LogP contribution is 2.32. The number of guanidine groups is 1. The van der Waals surface area contributed by atoms with Crippen LogP contribution >= 0.6 is 0 Å². The first-order chi connectivity index (χ1) is 12.5. The summed E-state index contributed by atoms with van der Waals surface area (Å²) in [7, 11) is 4.02. The molecule has 144 valence electrons. The van der Waals surface area contributed by atoms with Crippen molar-refractivity contribution in [2.45, 2.75) is 63.1 Å². The molecule has 2 heterocycles. The molecule has 0 spiro atoms. The Labute approximate surface area is 155 Å². The van der Waals surface area contributed by atoms with Crippen LogP contribution in [-0.4, -0.2) is 49.6 Å². The van der Waals surface area contributed by atoms with Crippen LogP contribution in [0.1, 0.15) is 50.5 Å². The van der Waals surface area contributed by atoms with Crippen molar-refractivity contribution in [2.24, 2.45) is 4.99 Å². The van der Waals surface area contributed by atoms with Crippen molar-refractivity contribution in [3.05, 3.63) is 35.4 Å². The van der Waals surface area contributed by atoms with Crippen LogP contribution in [0, 0.1) is 11.6 Å². The molecule has 2 bridgehead atoms. The largest absolute Gasteiger partial charge is 0.356 e. The van der Waals surface area contributed by atoms with Crippen molar-refractivity contribution in [3.8, 4) is 0 Å². The Balaban J connectivity index is 1.52. The van der Waals surface area contributed by atoms with Gasteiger partial charge in [-0.05, 0) is 56.3 Å². The molecule has 2 N–H and O–H groups in total. The standard InChI is InChI=1S/C20H30F2N4/c1-13(14-7-8-18(21)19(22)9-14)12-24-20(23-2)25-15-10-16-5-4-6-17(11-15)26(16)3/h7-9,13,15-17H,4-6,10-12H2,1-3H3,(H2,23,24,25). The summed E-state index contributed by atoms with van der Waals surface area (Å²) in [5, 5.41) is 6.90. The van der Waals surface area contributed by atoms with Gasteiger partial charge in [0, 0.05) is 31.7 Å². The topological polar surface area (TPSA) is 39.7 Å². The van der Waals surface area contributed by atoms with Gasteiger partial charge in [-0.15, -0.1) is 0 Å². The maximum atomic E-state index is 13.4. The van der Waals surface area contributed by atoms with Crippen LogP contribution in [0.5, 0.6) is 0 Å². The van der Waals surface area contributed by atoms with Crippen LogP contribution < -0.4 is 10.6 Å². The number of hydrogen-bond acceptors (Lipinski definition) is 2. The van der Waals surface area contributed by atoms with Gasteiger partial charge < -0.3 is 15.5 Å². The van der Waals surface area contributed by atoms with Gasteiger partial charge in [-0.3, -0.25) is 4.99 Å². The van der Waals surface area contributed by atoms with Crippen LogP contribution in [0.15, 0.2) is 23.2 Å². The van der Waals surface area contributed by atoms with E-state index >= 15 is 0 Å². The van der Waals surface area contributed by atoms with E-state index in [1.807, 2.05) is 6.92 Å². The molecule has 3 rings (SSSR count). The van der Waals surface area contributed by atoms with E-state index in [1.54, 1.807) is 13.1 Å². The Morgan fingerprint density at radius 3 is 2.54 bits per heavy atom. The van der Waals surface area contributed by atoms with Gasteiger partial charge in [0.2, 0.25) is 0 Å². The van der Waals surface area contributed by atoms with E-state index in [2.05, 4.69) is 27.6 Å². The van der Waals surface area contributed by atoms with Gasteiger partial charge in [0.25, 0.3) is 0 Å². The second-order valence-electron chi connectivity index (χ2n) is 7.74. The molecule has 0 aliphatic carbocycles. The molecule has 0 radical (unpaired) electrons. The Morgan fingerprint density at radius 1 is 1.23 bits per heavy atom. The lowest BCUT2D eigenvalue weighted by Gasteiger charge is -2.47. The van der Waals surface area contributed by atoms with Crippen LogP contribution in [0.4, 0.5) is 8.78 Å². The number of halogens is 2. The monoisotopic (exact) mass is 364 g/mol. The minimum Gasteiger partial charge on any atom is -0.356 e. The Kier molecular flexibility index (Phi) is 6.12. The smallest absolute Gasteiger partial charge is 0.191 e. The number of fused-ring (bicyclic) bond motifs is 2. The first-order valence-corrected chi connectivity index (χ1v) is 9.62. The lowest BCUT2D eigenvalue weighted by atomic mass is 9.82. The number of piperidine rings is 2. The van der Waals surface area contributed by atoms with Crippen molar-refractivity contribution in [2.75, 3.05) is 20.6 Å². The molecule has 6 heteroatoms. The number of rotatable bonds is 4. The van der Waals surface area contributed by atoms with E-state index in [9.17, 15) is 8.78 Å². The predicted octanol–water partition coefficient (Wildman–Crippen LogP) is 3.25. The van der Waals surface area contributed by atoms with Crippen LogP contribution in [-0.2, 0) is 0 Å². The van der Waals surface area contributed by atoms with Crippen LogP contribution in [0.2, 0.25) is 0 Å². The SMILES string of the molecule is CN=C(NCC(C)c1ccc(F)c(F)c1)NC1CC2CCCC(C1)N2C. The van der Waals surface area contributed by atoms with Gasteiger partial charge in [-0.25, -0.2) is 8.78 Å². The van der Waals surface area contributed by atoms with Gasteiger partial charge in [-0.1, -0.05) is 19.4 Å². The molecule has 0 aromatic heterocycles. The van der Waals surface area contributed by atoms with Gasteiger partial charge in [0.15, 0.2) is 17.6 Å². The lowest BCUT2D eigenvalue weighted by molar-refractivity contribution is 0.0526. The Hall–Kier alpha value is -1.69. The predicted molar refractivity (Wildman–Crippen MR) is 101 cm³/mol. The highest BCUT2D eigenvalue weighted by atomic mass is 19.2. The van der Waals surface area contributed by atoms with Gasteiger partial charge in [0.1, 0.15) is 0 Å². The molecule has 1 aromatic rings. The molecule has 2 aliphatic rings. The van der Waals surface area contributed by atoms with Crippen molar-refractivity contribution in [1.29, 1.82) is 0 Å². The van der Waals surface area contributed by atoms with Crippen molar-refractivity contribution >= 4 is 5.96 Å². The molecule has 2 aliphatic heterocycles. The normalized spacial score (nSPS) is 27.9. The second kappa shape index (κ2) is 8.33. The van der Waals surface area contributed by atoms with Crippen molar-refractivity contribution in [1.82, 2.24) is 15.5 Å². The quantitative estimate of drug-likeness (QED) is 0.636. The third-order valence-corrected chi connectivity index (χ3v) is 5.99. The maximum Gasteiger partial charge on any atom is 0.191 e. The molecule has 1 aromatic carbocycles. The number of nitrogens with zero attached hydrogens (tertiary/aromatic N) is 2. The highest BCUT2D eigenvalue weighted by molar-refractivity contribution is 5.80. The summed E-state index contributed by atoms with van der Waals surface area (Å²) in [5.41, 5.74) is 0.778. The third-order valence-electron chi connectivity index (χ3n) is 5.99. The zero-order chi connectivity index (χ0) is 18.7. The van der Waals surface area contributed by atoms with Crippen LogP contribution in [0.3, 0.4) is 0 Å². The molecule has 26 heavy (non-hydrogen) atoms. The molecule has 2 fully saturated rings. The zero-order valence-electron chi connectivity index (χ0n) is 15.9. The fourth-order valence-electron chi connectivity index (χ4n) is 4.31.